The van der Waals surface area contributed by atoms with Crippen molar-refractivity contribution in [1.29, 1.82) is 0 Å². The Morgan fingerprint density at radius 1 is 0.690 bits per heavy atom. The van der Waals surface area contributed by atoms with Crippen LogP contribution >= 0.6 is 0 Å². The zero-order valence-electron chi connectivity index (χ0n) is 20.2. The zero-order valence-corrected chi connectivity index (χ0v) is 20.2. The number of unbranched alkanes of at least 4 members (excludes halogenated alkanes) is 12. The Kier molecular flexibility index (Phi) is 21.7. The van der Waals surface area contributed by atoms with E-state index in [0.29, 0.717) is 6.42 Å². The van der Waals surface area contributed by atoms with Gasteiger partial charge in [0.05, 0.1) is 0 Å². The molecule has 3 nitrogen and oxygen atoms in total. The summed E-state index contributed by atoms with van der Waals surface area (Å²) in [6, 6.07) is 0. The zero-order chi connectivity index (χ0) is 21.6. The maximum Gasteiger partial charge on any atom is 0.306 e. The molecule has 0 amide bonds. The molecule has 0 rings (SSSR count). The first kappa shape index (κ1) is 28.4. The number of hydrogen-bond donors (Lipinski definition) is 1. The van der Waals surface area contributed by atoms with Crippen LogP contribution in [0.25, 0.3) is 0 Å². The smallest absolute Gasteiger partial charge is 0.306 e. The number of carbonyl (C=O) groups is 1. The quantitative estimate of drug-likeness (QED) is 0.145. The Hall–Kier alpha value is -0.570. The van der Waals surface area contributed by atoms with E-state index < -0.39 is 0 Å². The summed E-state index contributed by atoms with van der Waals surface area (Å²) >= 11 is 0. The monoisotopic (exact) mass is 411 g/mol. The van der Waals surface area contributed by atoms with Crippen molar-refractivity contribution < 1.29 is 9.53 Å². The first-order valence-electron chi connectivity index (χ1n) is 13.0. The Balaban J connectivity index is 4.03. The molecule has 0 heterocycles. The van der Waals surface area contributed by atoms with Crippen molar-refractivity contribution in [2.45, 2.75) is 149 Å². The van der Waals surface area contributed by atoms with Gasteiger partial charge >= 0.3 is 5.97 Å². The molecule has 0 aliphatic heterocycles. The van der Waals surface area contributed by atoms with Crippen LogP contribution in [0.2, 0.25) is 0 Å². The second-order valence-electron chi connectivity index (χ2n) is 9.36. The summed E-state index contributed by atoms with van der Waals surface area (Å²) in [7, 11) is 0. The number of carbonyl (C=O) groups excluding carboxylic acids is 1. The van der Waals surface area contributed by atoms with Crippen LogP contribution in [-0.2, 0) is 9.53 Å². The third kappa shape index (κ3) is 21.9. The van der Waals surface area contributed by atoms with Crippen molar-refractivity contribution in [3.05, 3.63) is 0 Å². The summed E-state index contributed by atoms with van der Waals surface area (Å²) in [5.74, 6) is 0.839. The molecule has 0 spiro atoms. The van der Waals surface area contributed by atoms with E-state index in [1.54, 1.807) is 0 Å². The molecule has 174 valence electrons. The lowest BCUT2D eigenvalue weighted by atomic mass is 10.0. The van der Waals surface area contributed by atoms with E-state index >= 15 is 0 Å². The van der Waals surface area contributed by atoms with E-state index in [1.165, 1.54) is 83.5 Å². The average molecular weight is 412 g/mol. The van der Waals surface area contributed by atoms with Crippen molar-refractivity contribution in [3.63, 3.8) is 0 Å². The number of esters is 1. The summed E-state index contributed by atoms with van der Waals surface area (Å²) in [6.45, 7) is 7.64. The fraction of sp³-hybridized carbons (Fsp3) is 0.962. The Morgan fingerprint density at radius 3 is 1.72 bits per heavy atom. The van der Waals surface area contributed by atoms with Crippen LogP contribution in [0.5, 0.6) is 0 Å². The topological polar surface area (TPSA) is 52.3 Å². The van der Waals surface area contributed by atoms with Gasteiger partial charge in [-0.05, 0) is 51.0 Å². The fourth-order valence-corrected chi connectivity index (χ4v) is 3.88. The summed E-state index contributed by atoms with van der Waals surface area (Å²) in [5.41, 5.74) is 5.53. The van der Waals surface area contributed by atoms with Crippen LogP contribution in [0.15, 0.2) is 0 Å². The highest BCUT2D eigenvalue weighted by molar-refractivity contribution is 5.69. The Morgan fingerprint density at radius 2 is 1.17 bits per heavy atom. The minimum Gasteiger partial charge on any atom is -0.462 e. The lowest BCUT2D eigenvalue weighted by molar-refractivity contribution is -0.150. The fourth-order valence-electron chi connectivity index (χ4n) is 3.88. The summed E-state index contributed by atoms with van der Waals surface area (Å²) in [5, 5.41) is 0. The average Bonchev–Trinajstić information content (AvgIpc) is 2.69. The van der Waals surface area contributed by atoms with Crippen molar-refractivity contribution >= 4 is 5.97 Å². The first-order valence-corrected chi connectivity index (χ1v) is 13.0. The molecule has 0 aliphatic rings. The lowest BCUT2D eigenvalue weighted by Crippen LogP contribution is -2.18. The van der Waals surface area contributed by atoms with Crippen molar-refractivity contribution in [3.8, 4) is 0 Å². The van der Waals surface area contributed by atoms with E-state index in [2.05, 4.69) is 20.8 Å². The van der Waals surface area contributed by atoms with Crippen LogP contribution in [0.1, 0.15) is 143 Å². The molecule has 0 fully saturated rings. The number of nitrogens with two attached hydrogens (primary N) is 1. The molecule has 29 heavy (non-hydrogen) atoms. The highest BCUT2D eigenvalue weighted by Gasteiger charge is 2.14. The van der Waals surface area contributed by atoms with E-state index in [1.807, 2.05) is 0 Å². The summed E-state index contributed by atoms with van der Waals surface area (Å²) in [6.07, 6.45) is 22.7. The SMILES string of the molecule is CCCCCCCCC(CCCCCCC(C)C)OC(=O)CCCCCCCN. The molecule has 1 unspecified atom stereocenters. The third-order valence-electron chi connectivity index (χ3n) is 5.82. The molecule has 1 atom stereocenters. The van der Waals surface area contributed by atoms with Gasteiger partial charge in [0, 0.05) is 6.42 Å². The van der Waals surface area contributed by atoms with E-state index in [9.17, 15) is 4.79 Å². The van der Waals surface area contributed by atoms with Crippen molar-refractivity contribution in [1.82, 2.24) is 0 Å². The normalized spacial score (nSPS) is 12.4. The molecular weight excluding hydrogens is 358 g/mol. The van der Waals surface area contributed by atoms with Gasteiger partial charge in [-0.15, -0.1) is 0 Å². The van der Waals surface area contributed by atoms with Crippen LogP contribution in [0.3, 0.4) is 0 Å². The van der Waals surface area contributed by atoms with Crippen LogP contribution in [0, 0.1) is 5.92 Å². The van der Waals surface area contributed by atoms with Gasteiger partial charge in [-0.3, -0.25) is 4.79 Å². The van der Waals surface area contributed by atoms with Crippen molar-refractivity contribution in [2.24, 2.45) is 11.7 Å². The highest BCUT2D eigenvalue weighted by Crippen LogP contribution is 2.18. The maximum atomic E-state index is 12.3. The molecule has 0 bridgehead atoms. The molecular formula is C26H53NO2. The largest absolute Gasteiger partial charge is 0.462 e. The van der Waals surface area contributed by atoms with Gasteiger partial charge in [-0.2, -0.15) is 0 Å². The van der Waals surface area contributed by atoms with Gasteiger partial charge in [0.1, 0.15) is 6.10 Å². The Bertz CT molecular complexity index is 344. The summed E-state index contributed by atoms with van der Waals surface area (Å²) < 4.78 is 5.89. The van der Waals surface area contributed by atoms with Gasteiger partial charge in [0.25, 0.3) is 0 Å². The molecule has 3 heteroatoms. The molecule has 0 saturated heterocycles. The molecule has 0 saturated carbocycles. The highest BCUT2D eigenvalue weighted by atomic mass is 16.5. The van der Waals surface area contributed by atoms with E-state index in [-0.39, 0.29) is 12.1 Å². The van der Waals surface area contributed by atoms with Gasteiger partial charge < -0.3 is 10.5 Å². The lowest BCUT2D eigenvalue weighted by Gasteiger charge is -2.18. The van der Waals surface area contributed by atoms with Crippen LogP contribution in [0.4, 0.5) is 0 Å². The second kappa shape index (κ2) is 22.1. The minimum absolute atomic E-state index is 0.0274. The summed E-state index contributed by atoms with van der Waals surface area (Å²) in [4.78, 5) is 12.3. The van der Waals surface area contributed by atoms with E-state index in [4.69, 9.17) is 10.5 Å². The van der Waals surface area contributed by atoms with Crippen molar-refractivity contribution in [2.75, 3.05) is 6.54 Å². The molecule has 0 aromatic carbocycles. The number of hydrogen-bond acceptors (Lipinski definition) is 3. The standard InChI is InChI=1S/C26H53NO2/c1-4-5-6-7-9-15-20-25(21-16-12-11-14-19-24(2)3)29-26(28)22-17-10-8-13-18-23-27/h24-25H,4-23,27H2,1-3H3. The molecule has 0 aliphatic carbocycles. The number of rotatable bonds is 22. The molecule has 0 aromatic heterocycles. The van der Waals surface area contributed by atoms with Gasteiger partial charge in [0.15, 0.2) is 0 Å². The van der Waals surface area contributed by atoms with Gasteiger partial charge in [-0.1, -0.05) is 97.8 Å². The number of ether oxygens (including phenoxy) is 1. The van der Waals surface area contributed by atoms with Gasteiger partial charge in [-0.25, -0.2) is 0 Å². The maximum absolute atomic E-state index is 12.3. The van der Waals surface area contributed by atoms with Gasteiger partial charge in [0.2, 0.25) is 0 Å². The first-order chi connectivity index (χ1) is 14.1. The molecule has 0 aromatic rings. The third-order valence-corrected chi connectivity index (χ3v) is 5.82. The predicted octanol–water partition coefficient (Wildman–Crippen LogP) is 7.94. The molecule has 0 radical (unpaired) electrons. The predicted molar refractivity (Wildman–Crippen MR) is 127 cm³/mol. The second-order valence-corrected chi connectivity index (χ2v) is 9.36. The van der Waals surface area contributed by atoms with Crippen LogP contribution in [-0.4, -0.2) is 18.6 Å². The molecule has 2 N–H and O–H groups in total. The van der Waals surface area contributed by atoms with E-state index in [0.717, 1.165) is 44.6 Å². The van der Waals surface area contributed by atoms with Crippen LogP contribution < -0.4 is 5.73 Å². The Labute approximate surface area is 182 Å². The minimum atomic E-state index is 0.0274.